The van der Waals surface area contributed by atoms with E-state index in [1.165, 1.54) is 12.1 Å². The molecule has 102 valence electrons. The average molecular weight is 266 g/mol. The fourth-order valence-electron chi connectivity index (χ4n) is 1.29. The summed E-state index contributed by atoms with van der Waals surface area (Å²) in [6, 6.07) is 3.61. The van der Waals surface area contributed by atoms with Gasteiger partial charge < -0.3 is 10.5 Å². The quantitative estimate of drug-likeness (QED) is 0.279. The highest BCUT2D eigenvalue weighted by Gasteiger charge is 2.15. The van der Waals surface area contributed by atoms with Gasteiger partial charge in [-0.25, -0.2) is 5.43 Å². The number of amides is 1. The number of ether oxygens (including phenoxy) is 1. The van der Waals surface area contributed by atoms with Gasteiger partial charge in [-0.15, -0.1) is 5.10 Å². The summed E-state index contributed by atoms with van der Waals surface area (Å²) in [6.45, 7) is 3.77. The number of non-ortho nitro benzene ring substituents is 1. The van der Waals surface area contributed by atoms with Crippen LogP contribution < -0.4 is 11.2 Å². The molecule has 0 atom stereocenters. The number of hydrazone groups is 1. The Bertz CT molecular complexity index is 527. The Morgan fingerprint density at radius 2 is 2.26 bits per heavy atom. The van der Waals surface area contributed by atoms with Crippen molar-refractivity contribution < 1.29 is 14.5 Å². The van der Waals surface area contributed by atoms with Gasteiger partial charge >= 0.3 is 0 Å². The zero-order valence-electron chi connectivity index (χ0n) is 10.5. The van der Waals surface area contributed by atoms with Gasteiger partial charge in [0.1, 0.15) is 0 Å². The van der Waals surface area contributed by atoms with Crippen LogP contribution in [0.5, 0.6) is 0 Å². The summed E-state index contributed by atoms with van der Waals surface area (Å²) < 4.78 is 5.02. The Kier molecular flexibility index (Phi) is 4.81. The van der Waals surface area contributed by atoms with Crippen LogP contribution in [0.15, 0.2) is 23.3 Å². The van der Waals surface area contributed by atoms with Crippen LogP contribution in [0.3, 0.4) is 0 Å². The third-order valence-electron chi connectivity index (χ3n) is 2.16. The molecule has 8 nitrogen and oxygen atoms in total. The van der Waals surface area contributed by atoms with Crippen molar-refractivity contribution in [1.29, 1.82) is 0 Å². The topological polar surface area (TPSA) is 120 Å². The second kappa shape index (κ2) is 6.34. The SMILES string of the molecule is CCO/C(C)=N/NC(=O)c1cc([N+](=O)[O-])ccc1N. The molecule has 0 fully saturated rings. The standard InChI is InChI=1S/C11H14N4O4/c1-3-19-7(2)13-14-11(16)9-6-8(15(17)18)4-5-10(9)12/h4-6H,3,12H2,1-2H3,(H,14,16)/b13-7+. The maximum absolute atomic E-state index is 11.8. The van der Waals surface area contributed by atoms with Crippen molar-refractivity contribution in [3.63, 3.8) is 0 Å². The van der Waals surface area contributed by atoms with Gasteiger partial charge in [0.15, 0.2) is 0 Å². The third kappa shape index (κ3) is 3.95. The number of nitro benzene ring substituents is 1. The van der Waals surface area contributed by atoms with E-state index in [-0.39, 0.29) is 22.8 Å². The number of hydrogen-bond acceptors (Lipinski definition) is 6. The molecule has 0 aromatic heterocycles. The van der Waals surface area contributed by atoms with Crippen molar-refractivity contribution in [1.82, 2.24) is 5.43 Å². The van der Waals surface area contributed by atoms with Gasteiger partial charge in [0.2, 0.25) is 5.90 Å². The molecule has 19 heavy (non-hydrogen) atoms. The molecule has 0 saturated carbocycles. The minimum atomic E-state index is -0.639. The first kappa shape index (κ1) is 14.4. The number of carbonyl (C=O) groups is 1. The molecule has 0 spiro atoms. The predicted molar refractivity (Wildman–Crippen MR) is 69.7 cm³/mol. The van der Waals surface area contributed by atoms with Crippen LogP contribution >= 0.6 is 0 Å². The van der Waals surface area contributed by atoms with Gasteiger partial charge in [0.25, 0.3) is 11.6 Å². The van der Waals surface area contributed by atoms with Gasteiger partial charge in [0.05, 0.1) is 17.1 Å². The zero-order chi connectivity index (χ0) is 14.4. The van der Waals surface area contributed by atoms with Gasteiger partial charge in [-0.3, -0.25) is 14.9 Å². The molecular weight excluding hydrogens is 252 g/mol. The lowest BCUT2D eigenvalue weighted by Gasteiger charge is -2.05. The zero-order valence-corrected chi connectivity index (χ0v) is 10.5. The van der Waals surface area contributed by atoms with Crippen molar-refractivity contribution in [2.75, 3.05) is 12.3 Å². The number of nitrogens with zero attached hydrogens (tertiary/aromatic N) is 2. The summed E-state index contributed by atoms with van der Waals surface area (Å²) in [7, 11) is 0. The third-order valence-corrected chi connectivity index (χ3v) is 2.16. The van der Waals surface area contributed by atoms with E-state index in [1.807, 2.05) is 0 Å². The molecule has 0 heterocycles. The molecule has 0 aliphatic rings. The van der Waals surface area contributed by atoms with Gasteiger partial charge in [-0.2, -0.15) is 0 Å². The molecule has 3 N–H and O–H groups in total. The van der Waals surface area contributed by atoms with Crippen molar-refractivity contribution in [3.05, 3.63) is 33.9 Å². The Balaban J connectivity index is 2.90. The number of anilines is 1. The fourth-order valence-corrected chi connectivity index (χ4v) is 1.29. The summed E-state index contributed by atoms with van der Waals surface area (Å²) in [6.07, 6.45) is 0. The molecule has 0 radical (unpaired) electrons. The van der Waals surface area contributed by atoms with E-state index in [0.717, 1.165) is 6.07 Å². The number of nitrogens with two attached hydrogens (primary N) is 1. The smallest absolute Gasteiger partial charge is 0.273 e. The lowest BCUT2D eigenvalue weighted by Crippen LogP contribution is -2.21. The summed E-state index contributed by atoms with van der Waals surface area (Å²) in [5, 5.41) is 14.3. The molecule has 0 aliphatic heterocycles. The van der Waals surface area contributed by atoms with Crippen LogP contribution in [-0.4, -0.2) is 23.3 Å². The Morgan fingerprint density at radius 3 is 2.84 bits per heavy atom. The number of rotatable bonds is 4. The van der Waals surface area contributed by atoms with Crippen molar-refractivity contribution in [3.8, 4) is 0 Å². The van der Waals surface area contributed by atoms with Gasteiger partial charge in [-0.05, 0) is 13.0 Å². The van der Waals surface area contributed by atoms with E-state index in [1.54, 1.807) is 13.8 Å². The fraction of sp³-hybridized carbons (Fsp3) is 0.273. The minimum Gasteiger partial charge on any atom is -0.480 e. The summed E-state index contributed by atoms with van der Waals surface area (Å²) in [5.74, 6) is -0.361. The average Bonchev–Trinajstić information content (AvgIpc) is 2.36. The van der Waals surface area contributed by atoms with E-state index < -0.39 is 10.8 Å². The van der Waals surface area contributed by atoms with Crippen LogP contribution in [0.25, 0.3) is 0 Å². The highest BCUT2D eigenvalue weighted by Crippen LogP contribution is 2.19. The van der Waals surface area contributed by atoms with E-state index in [4.69, 9.17) is 10.5 Å². The summed E-state index contributed by atoms with van der Waals surface area (Å²) >= 11 is 0. The second-order valence-electron chi connectivity index (χ2n) is 3.53. The molecule has 0 bridgehead atoms. The number of nitro groups is 1. The first-order valence-electron chi connectivity index (χ1n) is 5.47. The number of benzene rings is 1. The first-order valence-corrected chi connectivity index (χ1v) is 5.47. The summed E-state index contributed by atoms with van der Waals surface area (Å²) in [5.41, 5.74) is 7.71. The number of nitrogen functional groups attached to an aromatic ring is 1. The molecule has 0 aliphatic carbocycles. The van der Waals surface area contributed by atoms with E-state index >= 15 is 0 Å². The number of carbonyl (C=O) groups excluding carboxylic acids is 1. The monoisotopic (exact) mass is 266 g/mol. The highest BCUT2D eigenvalue weighted by atomic mass is 16.6. The van der Waals surface area contributed by atoms with Gasteiger partial charge in [-0.1, -0.05) is 0 Å². The lowest BCUT2D eigenvalue weighted by molar-refractivity contribution is -0.384. The van der Waals surface area contributed by atoms with Crippen LogP contribution in [0.1, 0.15) is 24.2 Å². The lowest BCUT2D eigenvalue weighted by atomic mass is 10.1. The number of nitrogens with one attached hydrogen (secondary N) is 1. The normalized spacial score (nSPS) is 10.9. The maximum atomic E-state index is 11.8. The first-order chi connectivity index (χ1) is 8.95. The molecule has 1 aromatic carbocycles. The van der Waals surface area contributed by atoms with Crippen LogP contribution in [-0.2, 0) is 4.74 Å². The molecule has 8 heteroatoms. The molecule has 0 unspecified atom stereocenters. The van der Waals surface area contributed by atoms with Crippen molar-refractivity contribution >= 4 is 23.2 Å². The van der Waals surface area contributed by atoms with Gasteiger partial charge in [0, 0.05) is 24.7 Å². The van der Waals surface area contributed by atoms with E-state index in [0.29, 0.717) is 6.61 Å². The highest BCUT2D eigenvalue weighted by molar-refractivity contribution is 6.00. The van der Waals surface area contributed by atoms with Crippen LogP contribution in [0.4, 0.5) is 11.4 Å². The predicted octanol–water partition coefficient (Wildman–Crippen LogP) is 1.28. The Hall–Kier alpha value is -2.64. The van der Waals surface area contributed by atoms with Crippen molar-refractivity contribution in [2.45, 2.75) is 13.8 Å². The molecule has 1 aromatic rings. The maximum Gasteiger partial charge on any atom is 0.273 e. The molecule has 1 amide bonds. The van der Waals surface area contributed by atoms with Crippen LogP contribution in [0, 0.1) is 10.1 Å². The Labute approximate surface area is 109 Å². The van der Waals surface area contributed by atoms with E-state index in [2.05, 4.69) is 10.5 Å². The van der Waals surface area contributed by atoms with Crippen molar-refractivity contribution in [2.24, 2.45) is 5.10 Å². The molecular formula is C11H14N4O4. The Morgan fingerprint density at radius 1 is 1.58 bits per heavy atom. The van der Waals surface area contributed by atoms with E-state index in [9.17, 15) is 14.9 Å². The van der Waals surface area contributed by atoms with Crippen LogP contribution in [0.2, 0.25) is 0 Å². The molecule has 0 saturated heterocycles. The second-order valence-corrected chi connectivity index (χ2v) is 3.53. The summed E-state index contributed by atoms with van der Waals surface area (Å²) in [4.78, 5) is 21.8. The largest absolute Gasteiger partial charge is 0.480 e. The molecule has 1 rings (SSSR count). The number of hydrogen-bond donors (Lipinski definition) is 2. The minimum absolute atomic E-state index is 0.0118.